The first-order valence-corrected chi connectivity index (χ1v) is 9.43. The van der Waals surface area contributed by atoms with Crippen molar-refractivity contribution in [2.24, 2.45) is 0 Å². The van der Waals surface area contributed by atoms with Crippen molar-refractivity contribution in [3.8, 4) is 0 Å². The lowest BCUT2D eigenvalue weighted by Crippen LogP contribution is -2.23. The molecule has 2 rings (SSSR count). The van der Waals surface area contributed by atoms with Crippen LogP contribution in [0.15, 0.2) is 52.3 Å². The highest BCUT2D eigenvalue weighted by Gasteiger charge is 2.47. The van der Waals surface area contributed by atoms with E-state index in [2.05, 4.69) is 0 Å². The van der Waals surface area contributed by atoms with Crippen LogP contribution in [0, 0.1) is 0 Å². The monoisotopic (exact) mass is 410 g/mol. The molecule has 134 valence electrons. The van der Waals surface area contributed by atoms with Gasteiger partial charge < -0.3 is 5.11 Å². The van der Waals surface area contributed by atoms with Gasteiger partial charge in [0.15, 0.2) is 0 Å². The fraction of sp³-hybridized carbons (Fsp3) is 0.133. The maximum atomic E-state index is 12.6. The van der Waals surface area contributed by atoms with Gasteiger partial charge in [0.25, 0.3) is 9.84 Å². The summed E-state index contributed by atoms with van der Waals surface area (Å²) < 4.78 is 60.6. The van der Waals surface area contributed by atoms with Crippen LogP contribution >= 0.6 is 23.4 Å². The van der Waals surface area contributed by atoms with Crippen LogP contribution < -0.4 is 0 Å². The van der Waals surface area contributed by atoms with E-state index in [9.17, 15) is 31.5 Å². The van der Waals surface area contributed by atoms with Crippen LogP contribution in [0.25, 0.3) is 0 Å². The molecule has 4 nitrogen and oxygen atoms in total. The lowest BCUT2D eigenvalue weighted by atomic mass is 10.2. The molecule has 0 aliphatic heterocycles. The standard InChI is InChI=1S/C15H10ClF3O4S2/c16-10-3-1-9(2-4-10)8-24-13-6-5-11(7-12(13)14(20)21)25(22,23)15(17,18)19/h1-7H,8H2,(H,20,21). The van der Waals surface area contributed by atoms with Crippen molar-refractivity contribution in [3.05, 3.63) is 58.6 Å². The largest absolute Gasteiger partial charge is 0.501 e. The molecule has 0 unspecified atom stereocenters. The van der Waals surface area contributed by atoms with E-state index in [0.717, 1.165) is 29.5 Å². The molecule has 0 bridgehead atoms. The smallest absolute Gasteiger partial charge is 0.478 e. The molecule has 0 aliphatic rings. The third kappa shape index (κ3) is 4.47. The molecule has 0 aliphatic carbocycles. The Kier molecular flexibility index (Phi) is 5.70. The van der Waals surface area contributed by atoms with E-state index < -0.39 is 31.8 Å². The van der Waals surface area contributed by atoms with E-state index in [1.54, 1.807) is 24.3 Å². The Balaban J connectivity index is 2.34. The van der Waals surface area contributed by atoms with Gasteiger partial charge in [-0.15, -0.1) is 11.8 Å². The highest BCUT2D eigenvalue weighted by Crippen LogP contribution is 2.34. The molecule has 0 fully saturated rings. The number of sulfone groups is 1. The predicted octanol–water partition coefficient (Wildman–Crippen LogP) is 4.62. The van der Waals surface area contributed by atoms with Crippen LogP contribution in [0.3, 0.4) is 0 Å². The quantitative estimate of drug-likeness (QED) is 0.728. The van der Waals surface area contributed by atoms with Gasteiger partial charge in [-0.25, -0.2) is 13.2 Å². The van der Waals surface area contributed by atoms with E-state index in [1.807, 2.05) is 0 Å². The van der Waals surface area contributed by atoms with Crippen LogP contribution in [0.2, 0.25) is 5.02 Å². The zero-order chi connectivity index (χ0) is 18.8. The summed E-state index contributed by atoms with van der Waals surface area (Å²) in [6, 6.07) is 9.07. The molecular formula is C15H10ClF3O4S2. The number of hydrogen-bond acceptors (Lipinski definition) is 4. The lowest BCUT2D eigenvalue weighted by Gasteiger charge is -2.11. The van der Waals surface area contributed by atoms with Gasteiger partial charge in [0, 0.05) is 15.7 Å². The first kappa shape index (κ1) is 19.6. The molecule has 1 N–H and O–H groups in total. The highest BCUT2D eigenvalue weighted by molar-refractivity contribution is 7.98. The van der Waals surface area contributed by atoms with Crippen molar-refractivity contribution < 1.29 is 31.5 Å². The van der Waals surface area contributed by atoms with Gasteiger partial charge >= 0.3 is 11.5 Å². The molecule has 25 heavy (non-hydrogen) atoms. The highest BCUT2D eigenvalue weighted by atomic mass is 35.5. The molecule has 0 radical (unpaired) electrons. The molecule has 0 amide bonds. The van der Waals surface area contributed by atoms with Gasteiger partial charge in [0.05, 0.1) is 10.5 Å². The third-order valence-electron chi connectivity index (χ3n) is 3.10. The van der Waals surface area contributed by atoms with E-state index in [-0.39, 0.29) is 4.90 Å². The number of rotatable bonds is 5. The minimum Gasteiger partial charge on any atom is -0.478 e. The third-order valence-corrected chi connectivity index (χ3v) is 5.98. The topological polar surface area (TPSA) is 71.4 Å². The molecule has 0 heterocycles. The Hall–Kier alpha value is -1.71. The van der Waals surface area contributed by atoms with Crippen molar-refractivity contribution in [1.82, 2.24) is 0 Å². The minimum absolute atomic E-state index is 0.156. The number of carboxylic acid groups (broad SMARTS) is 1. The summed E-state index contributed by atoms with van der Waals surface area (Å²) in [6.07, 6.45) is 0. The second-order valence-electron chi connectivity index (χ2n) is 4.83. The normalized spacial score (nSPS) is 12.2. The Morgan fingerprint density at radius 2 is 1.72 bits per heavy atom. The molecular weight excluding hydrogens is 401 g/mol. The summed E-state index contributed by atoms with van der Waals surface area (Å²) in [5.74, 6) is -1.18. The molecule has 2 aromatic rings. The summed E-state index contributed by atoms with van der Waals surface area (Å²) in [7, 11) is -5.61. The fourth-order valence-corrected chi connectivity index (χ4v) is 3.74. The molecule has 10 heteroatoms. The fourth-order valence-electron chi connectivity index (χ4n) is 1.84. The van der Waals surface area contributed by atoms with E-state index in [1.165, 1.54) is 0 Å². The zero-order valence-corrected chi connectivity index (χ0v) is 14.6. The number of thioether (sulfide) groups is 1. The van der Waals surface area contributed by atoms with Crippen molar-refractivity contribution in [2.45, 2.75) is 21.1 Å². The van der Waals surface area contributed by atoms with Gasteiger partial charge in [-0.1, -0.05) is 23.7 Å². The Morgan fingerprint density at radius 3 is 2.24 bits per heavy atom. The van der Waals surface area contributed by atoms with Gasteiger partial charge in [-0.3, -0.25) is 0 Å². The van der Waals surface area contributed by atoms with Crippen LogP contribution in [-0.2, 0) is 15.6 Å². The van der Waals surface area contributed by atoms with Crippen molar-refractivity contribution in [3.63, 3.8) is 0 Å². The number of hydrogen-bond donors (Lipinski definition) is 1. The second kappa shape index (κ2) is 7.27. The molecule has 0 saturated carbocycles. The summed E-state index contributed by atoms with van der Waals surface area (Å²) in [6.45, 7) is 0. The van der Waals surface area contributed by atoms with Crippen LogP contribution in [-0.4, -0.2) is 25.0 Å². The zero-order valence-electron chi connectivity index (χ0n) is 12.2. The lowest BCUT2D eigenvalue weighted by molar-refractivity contribution is -0.0436. The maximum Gasteiger partial charge on any atom is 0.501 e. The van der Waals surface area contributed by atoms with Crippen LogP contribution in [0.4, 0.5) is 13.2 Å². The van der Waals surface area contributed by atoms with Crippen molar-refractivity contribution in [1.29, 1.82) is 0 Å². The molecule has 0 aromatic heterocycles. The number of carbonyl (C=O) groups is 1. The summed E-state index contributed by atoms with van der Waals surface area (Å²) in [5.41, 5.74) is -5.19. The second-order valence-corrected chi connectivity index (χ2v) is 8.22. The van der Waals surface area contributed by atoms with Crippen LogP contribution in [0.1, 0.15) is 15.9 Å². The average Bonchev–Trinajstić information content (AvgIpc) is 2.53. The van der Waals surface area contributed by atoms with Crippen LogP contribution in [0.5, 0.6) is 0 Å². The number of alkyl halides is 3. The Bertz CT molecular complexity index is 894. The molecule has 0 atom stereocenters. The molecule has 2 aromatic carbocycles. The van der Waals surface area contributed by atoms with Gasteiger partial charge in [-0.2, -0.15) is 13.2 Å². The number of aromatic carboxylic acids is 1. The predicted molar refractivity (Wildman–Crippen MR) is 87.7 cm³/mol. The van der Waals surface area contributed by atoms with Gasteiger partial charge in [-0.05, 0) is 35.9 Å². The summed E-state index contributed by atoms with van der Waals surface area (Å²) >= 11 is 6.82. The minimum atomic E-state index is -5.61. The summed E-state index contributed by atoms with van der Waals surface area (Å²) in [4.78, 5) is 10.4. The van der Waals surface area contributed by atoms with E-state index in [4.69, 9.17) is 11.6 Å². The van der Waals surface area contributed by atoms with Crippen molar-refractivity contribution >= 4 is 39.2 Å². The first-order valence-electron chi connectivity index (χ1n) is 6.58. The Morgan fingerprint density at radius 1 is 1.12 bits per heavy atom. The average molecular weight is 411 g/mol. The maximum absolute atomic E-state index is 12.6. The molecule has 0 spiro atoms. The number of benzene rings is 2. The first-order chi connectivity index (χ1) is 11.5. The van der Waals surface area contributed by atoms with Crippen molar-refractivity contribution in [2.75, 3.05) is 0 Å². The Labute approximate surface area is 150 Å². The summed E-state index contributed by atoms with van der Waals surface area (Å²) in [5, 5.41) is 9.71. The number of halogens is 4. The SMILES string of the molecule is O=C(O)c1cc(S(=O)(=O)C(F)(F)F)ccc1SCc1ccc(Cl)cc1. The van der Waals surface area contributed by atoms with Gasteiger partial charge in [0.1, 0.15) is 0 Å². The molecule has 0 saturated heterocycles. The van der Waals surface area contributed by atoms with Gasteiger partial charge in [0.2, 0.25) is 0 Å². The van der Waals surface area contributed by atoms with E-state index in [0.29, 0.717) is 16.8 Å². The number of carboxylic acids is 1. The van der Waals surface area contributed by atoms with E-state index >= 15 is 0 Å².